The van der Waals surface area contributed by atoms with Gasteiger partial charge in [-0.15, -0.1) is 0 Å². The monoisotopic (exact) mass is 511 g/mol. The number of rotatable bonds is 3. The molecule has 2 aliphatic rings. The molecule has 0 spiro atoms. The zero-order chi connectivity index (χ0) is 27.5. The number of carbonyl (C=O) groups excluding carboxylic acids is 4. The number of hydrogen-bond donors (Lipinski definition) is 0. The van der Waals surface area contributed by atoms with E-state index in [-0.39, 0.29) is 29.7 Å². The van der Waals surface area contributed by atoms with E-state index in [4.69, 9.17) is 11.1 Å². The van der Waals surface area contributed by atoms with Gasteiger partial charge in [-0.2, -0.15) is 4.79 Å². The van der Waals surface area contributed by atoms with E-state index in [2.05, 4.69) is 14.8 Å². The highest BCUT2D eigenvalue weighted by atomic mass is 16.1. The van der Waals surface area contributed by atoms with E-state index in [9.17, 15) is 19.2 Å². The number of fused-ring (bicyclic) bond motifs is 4. The molecule has 4 aromatic rings. The van der Waals surface area contributed by atoms with Crippen molar-refractivity contribution < 1.29 is 24.0 Å². The summed E-state index contributed by atoms with van der Waals surface area (Å²) in [7, 11) is 0. The Labute approximate surface area is 221 Å². The van der Waals surface area contributed by atoms with Crippen LogP contribution in [0.2, 0.25) is 0 Å². The van der Waals surface area contributed by atoms with Crippen molar-refractivity contribution in [3.05, 3.63) is 157 Å². The molecule has 4 aromatic carbocycles. The Bertz CT molecular complexity index is 1830. The van der Waals surface area contributed by atoms with E-state index in [0.717, 1.165) is 0 Å². The second-order valence-electron chi connectivity index (χ2n) is 8.73. The molecular weight excluding hydrogens is 494 g/mol. The molecule has 0 saturated carbocycles. The van der Waals surface area contributed by atoms with Crippen LogP contribution < -0.4 is 0 Å². The van der Waals surface area contributed by atoms with Crippen LogP contribution in [-0.4, -0.2) is 34.1 Å². The van der Waals surface area contributed by atoms with E-state index < -0.39 is 0 Å². The molecule has 0 heterocycles. The van der Waals surface area contributed by atoms with Gasteiger partial charge in [0, 0.05) is 49.4 Å². The van der Waals surface area contributed by atoms with Crippen LogP contribution in [0.15, 0.2) is 90.0 Å². The van der Waals surface area contributed by atoms with Crippen molar-refractivity contribution in [2.45, 2.75) is 6.54 Å². The van der Waals surface area contributed by atoms with Crippen molar-refractivity contribution in [2.75, 3.05) is 0 Å². The summed E-state index contributed by atoms with van der Waals surface area (Å²) in [4.78, 5) is 55.0. The van der Waals surface area contributed by atoms with Gasteiger partial charge in [-0.1, -0.05) is 65.8 Å². The second-order valence-corrected chi connectivity index (χ2v) is 8.73. The molecule has 6 rings (SSSR count). The number of benzene rings is 4. The van der Waals surface area contributed by atoms with E-state index in [1.54, 1.807) is 84.9 Å². The predicted octanol–water partition coefficient (Wildman–Crippen LogP) is 5.38. The molecule has 2 aliphatic carbocycles. The SMILES string of the molecule is [N-]=[N+]=Cc1ccc2c(c1)C(=O)c1ccccc1C2=O.[N-]=[N+]=NCc1ccc2c(c1)C(=O)c1ccccc1C2=O. The van der Waals surface area contributed by atoms with Gasteiger partial charge in [-0.05, 0) is 35.4 Å². The standard InChI is InChI=1S/C15H9N3O2.C15H8N2O2/c16-18-17-8-9-5-6-12-13(7-9)15(20)11-4-2-1-3-10(11)14(12)19;16-17-8-9-5-6-12-13(7-9)15(19)11-4-2-1-3-10(11)14(12)18/h1-7H,8H2;1-8H. The fourth-order valence-electron chi connectivity index (χ4n) is 4.62. The summed E-state index contributed by atoms with van der Waals surface area (Å²) in [6.45, 7) is 0.160. The molecule has 186 valence electrons. The van der Waals surface area contributed by atoms with Crippen LogP contribution >= 0.6 is 0 Å². The van der Waals surface area contributed by atoms with Crippen LogP contribution in [0.5, 0.6) is 0 Å². The number of ketones is 4. The lowest BCUT2D eigenvalue weighted by atomic mass is 9.83. The Morgan fingerprint density at radius 2 is 1.00 bits per heavy atom. The minimum Gasteiger partial charge on any atom is -0.361 e. The fourth-order valence-corrected chi connectivity index (χ4v) is 4.62. The van der Waals surface area contributed by atoms with Gasteiger partial charge in [0.2, 0.25) is 0 Å². The third-order valence-electron chi connectivity index (χ3n) is 6.46. The van der Waals surface area contributed by atoms with Gasteiger partial charge in [0.25, 0.3) is 6.21 Å². The maximum absolute atomic E-state index is 12.4. The molecule has 0 N–H and O–H groups in total. The summed E-state index contributed by atoms with van der Waals surface area (Å²) in [5.41, 5.74) is 21.3. The topological polar surface area (TPSA) is 153 Å². The van der Waals surface area contributed by atoms with Gasteiger partial charge in [0.05, 0.1) is 12.1 Å². The number of hydrogen-bond acceptors (Lipinski definition) is 5. The Balaban J connectivity index is 0.000000158. The second kappa shape index (κ2) is 10.3. The largest absolute Gasteiger partial charge is 0.361 e. The lowest BCUT2D eigenvalue weighted by Gasteiger charge is -2.17. The average molecular weight is 511 g/mol. The van der Waals surface area contributed by atoms with Crippen molar-refractivity contribution >= 4 is 29.3 Å². The molecule has 0 aromatic heterocycles. The van der Waals surface area contributed by atoms with Crippen LogP contribution in [0.1, 0.15) is 74.8 Å². The van der Waals surface area contributed by atoms with Crippen LogP contribution in [0.25, 0.3) is 16.0 Å². The summed E-state index contributed by atoms with van der Waals surface area (Å²) < 4.78 is 0. The minimum absolute atomic E-state index is 0.148. The zero-order valence-corrected chi connectivity index (χ0v) is 20.2. The first-order chi connectivity index (χ1) is 18.9. The number of carbonyl (C=O) groups is 4. The first-order valence-electron chi connectivity index (χ1n) is 11.8. The smallest absolute Gasteiger partial charge is 0.287 e. The van der Waals surface area contributed by atoms with Gasteiger partial charge in [0.1, 0.15) is 0 Å². The van der Waals surface area contributed by atoms with Crippen molar-refractivity contribution in [1.29, 1.82) is 0 Å². The number of nitrogens with zero attached hydrogens (tertiary/aromatic N) is 5. The van der Waals surface area contributed by atoms with Crippen molar-refractivity contribution in [2.24, 2.45) is 5.11 Å². The fraction of sp³-hybridized carbons (Fsp3) is 0.0333. The third kappa shape index (κ3) is 4.47. The molecule has 9 heteroatoms. The average Bonchev–Trinajstić information content (AvgIpc) is 2.98. The van der Waals surface area contributed by atoms with Crippen LogP contribution in [0.3, 0.4) is 0 Å². The van der Waals surface area contributed by atoms with Crippen LogP contribution in [0.4, 0.5) is 0 Å². The highest BCUT2D eigenvalue weighted by Crippen LogP contribution is 2.29. The van der Waals surface area contributed by atoms with Crippen LogP contribution in [-0.2, 0) is 6.54 Å². The van der Waals surface area contributed by atoms with E-state index >= 15 is 0 Å². The van der Waals surface area contributed by atoms with E-state index in [0.29, 0.717) is 55.6 Å². The van der Waals surface area contributed by atoms with Gasteiger partial charge in [-0.25, -0.2) is 0 Å². The van der Waals surface area contributed by atoms with Crippen LogP contribution in [0, 0.1) is 0 Å². The number of azide groups is 1. The minimum atomic E-state index is -0.182. The van der Waals surface area contributed by atoms with Gasteiger partial charge in [0.15, 0.2) is 23.1 Å². The molecule has 39 heavy (non-hydrogen) atoms. The first kappa shape index (κ1) is 24.9. The van der Waals surface area contributed by atoms with Crippen molar-refractivity contribution in [3.63, 3.8) is 0 Å². The summed E-state index contributed by atoms with van der Waals surface area (Å²) >= 11 is 0. The zero-order valence-electron chi connectivity index (χ0n) is 20.2. The molecule has 0 unspecified atom stereocenters. The summed E-state index contributed by atoms with van der Waals surface area (Å²) in [6, 6.07) is 23.3. The molecule has 0 amide bonds. The molecule has 0 atom stereocenters. The molecule has 0 bridgehead atoms. The Hall–Kier alpha value is -5.75. The summed E-state index contributed by atoms with van der Waals surface area (Å²) in [5, 5.41) is 3.46. The normalized spacial score (nSPS) is 12.4. The molecule has 0 fully saturated rings. The summed E-state index contributed by atoms with van der Waals surface area (Å²) in [5.74, 6) is -0.653. The third-order valence-corrected chi connectivity index (χ3v) is 6.46. The maximum atomic E-state index is 12.4. The highest BCUT2D eigenvalue weighted by Gasteiger charge is 2.30. The Morgan fingerprint density at radius 1 is 0.564 bits per heavy atom. The lowest BCUT2D eigenvalue weighted by molar-refractivity contribution is 0.00455. The van der Waals surface area contributed by atoms with Gasteiger partial charge >= 0.3 is 0 Å². The Morgan fingerprint density at radius 3 is 1.49 bits per heavy atom. The van der Waals surface area contributed by atoms with E-state index in [1.165, 1.54) is 6.21 Å². The quantitative estimate of drug-likeness (QED) is 0.135. The molecule has 0 aliphatic heterocycles. The van der Waals surface area contributed by atoms with Gasteiger partial charge < -0.3 is 5.53 Å². The molecule has 0 radical (unpaired) electrons. The lowest BCUT2D eigenvalue weighted by Crippen LogP contribution is -2.20. The van der Waals surface area contributed by atoms with E-state index in [1.807, 2.05) is 0 Å². The van der Waals surface area contributed by atoms with Crippen molar-refractivity contribution in [1.82, 2.24) is 0 Å². The summed E-state index contributed by atoms with van der Waals surface area (Å²) in [6.07, 6.45) is 1.22. The first-order valence-corrected chi connectivity index (χ1v) is 11.8. The molecule has 9 nitrogen and oxygen atoms in total. The highest BCUT2D eigenvalue weighted by molar-refractivity contribution is 6.29. The molecular formula is C30H17N5O4. The Kier molecular flexibility index (Phi) is 6.59. The maximum Gasteiger partial charge on any atom is 0.287 e. The van der Waals surface area contributed by atoms with Crippen molar-refractivity contribution in [3.8, 4) is 0 Å². The van der Waals surface area contributed by atoms with Gasteiger partial charge in [-0.3, -0.25) is 19.2 Å². The predicted molar refractivity (Wildman–Crippen MR) is 141 cm³/mol. The molecule has 0 saturated heterocycles.